The standard InChI is InChI=1S/C22H26FN3O3/c1-13(2)26-12-22-8-7-17(29-22)18(19(22)21(26)28)20(27)24-14-5-6-16(15(23)11-14)25-9-3-4-10-25/h5-8,11,13,17-19H,3-4,9-10,12H2,1-2H3,(H,24,27)/t17-,18-,19-,22-/m1/s1. The van der Waals surface area contributed by atoms with Gasteiger partial charge in [0.05, 0.1) is 30.2 Å². The van der Waals surface area contributed by atoms with E-state index in [1.165, 1.54) is 6.07 Å². The number of ether oxygens (including phenoxy) is 1. The molecule has 4 atom stereocenters. The second-order valence-electron chi connectivity index (χ2n) is 8.81. The van der Waals surface area contributed by atoms with Gasteiger partial charge in [-0.05, 0) is 44.9 Å². The molecular formula is C22H26FN3O3. The summed E-state index contributed by atoms with van der Waals surface area (Å²) in [6.07, 6.45) is 5.55. The third kappa shape index (κ3) is 2.78. The minimum atomic E-state index is -0.709. The van der Waals surface area contributed by atoms with Gasteiger partial charge in [0.25, 0.3) is 0 Å². The summed E-state index contributed by atoms with van der Waals surface area (Å²) in [6.45, 7) is 6.11. The van der Waals surface area contributed by atoms with E-state index >= 15 is 0 Å². The Labute approximate surface area is 169 Å². The number of nitrogens with one attached hydrogen (secondary N) is 1. The third-order valence-corrected chi connectivity index (χ3v) is 6.72. The van der Waals surface area contributed by atoms with Crippen LogP contribution in [0.5, 0.6) is 0 Å². The molecule has 2 bridgehead atoms. The normalized spacial score (nSPS) is 32.6. The van der Waals surface area contributed by atoms with E-state index < -0.39 is 23.5 Å². The Morgan fingerprint density at radius 1 is 1.31 bits per heavy atom. The molecule has 1 aromatic carbocycles. The molecule has 7 heteroatoms. The highest BCUT2D eigenvalue weighted by atomic mass is 19.1. The van der Waals surface area contributed by atoms with Gasteiger partial charge in [0.2, 0.25) is 11.8 Å². The van der Waals surface area contributed by atoms with Crippen LogP contribution in [-0.4, -0.2) is 54.1 Å². The van der Waals surface area contributed by atoms with Crippen molar-refractivity contribution in [2.45, 2.75) is 44.4 Å². The maximum absolute atomic E-state index is 14.6. The smallest absolute Gasteiger partial charge is 0.231 e. The van der Waals surface area contributed by atoms with Gasteiger partial charge in [-0.25, -0.2) is 4.39 Å². The number of hydrogen-bond donors (Lipinski definition) is 1. The largest absolute Gasteiger partial charge is 0.369 e. The van der Waals surface area contributed by atoms with E-state index in [1.807, 2.05) is 30.9 Å². The summed E-state index contributed by atoms with van der Waals surface area (Å²) in [6, 6.07) is 4.86. The van der Waals surface area contributed by atoms with Crippen LogP contribution in [0.15, 0.2) is 30.4 Å². The lowest BCUT2D eigenvalue weighted by atomic mass is 9.77. The van der Waals surface area contributed by atoms with Gasteiger partial charge in [0.1, 0.15) is 11.4 Å². The number of hydrogen-bond acceptors (Lipinski definition) is 4. The Morgan fingerprint density at radius 3 is 2.76 bits per heavy atom. The van der Waals surface area contributed by atoms with Gasteiger partial charge in [0, 0.05) is 24.8 Å². The van der Waals surface area contributed by atoms with Gasteiger partial charge in [-0.1, -0.05) is 12.2 Å². The average molecular weight is 399 g/mol. The van der Waals surface area contributed by atoms with E-state index in [0.29, 0.717) is 17.9 Å². The predicted molar refractivity (Wildman–Crippen MR) is 107 cm³/mol. The molecule has 1 N–H and O–H groups in total. The Morgan fingerprint density at radius 2 is 2.07 bits per heavy atom. The molecule has 2 amide bonds. The molecule has 0 saturated carbocycles. The minimum absolute atomic E-state index is 0.0393. The lowest BCUT2D eigenvalue weighted by molar-refractivity contribution is -0.136. The maximum Gasteiger partial charge on any atom is 0.231 e. The number of amides is 2. The summed E-state index contributed by atoms with van der Waals surface area (Å²) in [5, 5.41) is 2.82. The Kier molecular flexibility index (Phi) is 4.21. The molecule has 4 aliphatic heterocycles. The molecule has 154 valence electrons. The fourth-order valence-corrected chi connectivity index (χ4v) is 5.29. The van der Waals surface area contributed by atoms with Gasteiger partial charge in [-0.15, -0.1) is 0 Å². The molecular weight excluding hydrogens is 373 g/mol. The number of likely N-dealkylation sites (tertiary alicyclic amines) is 1. The fraction of sp³-hybridized carbons (Fsp3) is 0.545. The highest BCUT2D eigenvalue weighted by molar-refractivity contribution is 5.99. The molecule has 3 fully saturated rings. The Hall–Kier alpha value is -2.41. The Bertz CT molecular complexity index is 895. The van der Waals surface area contributed by atoms with Crippen LogP contribution >= 0.6 is 0 Å². The lowest BCUT2D eigenvalue weighted by Gasteiger charge is -2.25. The summed E-state index contributed by atoms with van der Waals surface area (Å²) in [5.74, 6) is -1.79. The average Bonchev–Trinajstić information content (AvgIpc) is 3.43. The number of carbonyl (C=O) groups is 2. The number of rotatable bonds is 4. The van der Waals surface area contributed by atoms with Crippen molar-refractivity contribution in [1.29, 1.82) is 0 Å². The molecule has 4 heterocycles. The van der Waals surface area contributed by atoms with Crippen molar-refractivity contribution >= 4 is 23.2 Å². The van der Waals surface area contributed by atoms with Crippen LogP contribution in [0.2, 0.25) is 0 Å². The molecule has 0 unspecified atom stereocenters. The van der Waals surface area contributed by atoms with Crippen LogP contribution in [0, 0.1) is 17.7 Å². The van der Waals surface area contributed by atoms with Crippen LogP contribution in [0.3, 0.4) is 0 Å². The molecule has 6 nitrogen and oxygen atoms in total. The van der Waals surface area contributed by atoms with Crippen LogP contribution in [0.25, 0.3) is 0 Å². The van der Waals surface area contributed by atoms with Crippen LogP contribution < -0.4 is 10.2 Å². The first kappa shape index (κ1) is 18.6. The molecule has 3 saturated heterocycles. The molecule has 4 aliphatic rings. The van der Waals surface area contributed by atoms with Crippen molar-refractivity contribution in [3.63, 3.8) is 0 Å². The highest BCUT2D eigenvalue weighted by Gasteiger charge is 2.67. The van der Waals surface area contributed by atoms with Crippen LogP contribution in [0.4, 0.5) is 15.8 Å². The van der Waals surface area contributed by atoms with E-state index in [9.17, 15) is 14.0 Å². The number of benzene rings is 1. The second kappa shape index (κ2) is 6.55. The van der Waals surface area contributed by atoms with Gasteiger partial charge in [0.15, 0.2) is 0 Å². The van der Waals surface area contributed by atoms with E-state index in [2.05, 4.69) is 5.32 Å². The highest BCUT2D eigenvalue weighted by Crippen LogP contribution is 2.52. The molecule has 1 aromatic rings. The number of halogens is 1. The molecule has 5 rings (SSSR count). The van der Waals surface area contributed by atoms with Gasteiger partial charge in [-0.3, -0.25) is 9.59 Å². The predicted octanol–water partition coefficient (Wildman–Crippen LogP) is 2.55. The van der Waals surface area contributed by atoms with Gasteiger partial charge in [-0.2, -0.15) is 0 Å². The number of nitrogens with zero attached hydrogens (tertiary/aromatic N) is 2. The van der Waals surface area contributed by atoms with Crippen molar-refractivity contribution in [3.05, 3.63) is 36.2 Å². The summed E-state index contributed by atoms with van der Waals surface area (Å²) >= 11 is 0. The summed E-state index contributed by atoms with van der Waals surface area (Å²) in [4.78, 5) is 29.9. The minimum Gasteiger partial charge on any atom is -0.369 e. The Balaban J connectivity index is 1.36. The van der Waals surface area contributed by atoms with Gasteiger partial charge >= 0.3 is 0 Å². The van der Waals surface area contributed by atoms with Crippen molar-refractivity contribution in [1.82, 2.24) is 4.90 Å². The van der Waals surface area contributed by atoms with Crippen molar-refractivity contribution in [3.8, 4) is 0 Å². The molecule has 29 heavy (non-hydrogen) atoms. The lowest BCUT2D eigenvalue weighted by Crippen LogP contribution is -2.42. The van der Waals surface area contributed by atoms with E-state index in [-0.39, 0.29) is 23.7 Å². The zero-order valence-corrected chi connectivity index (χ0v) is 16.7. The van der Waals surface area contributed by atoms with E-state index in [1.54, 1.807) is 17.0 Å². The monoisotopic (exact) mass is 399 g/mol. The van der Waals surface area contributed by atoms with Crippen LogP contribution in [-0.2, 0) is 14.3 Å². The summed E-state index contributed by atoms with van der Waals surface area (Å²) < 4.78 is 20.7. The summed E-state index contributed by atoms with van der Waals surface area (Å²) in [5.41, 5.74) is 0.269. The van der Waals surface area contributed by atoms with E-state index in [4.69, 9.17) is 4.74 Å². The maximum atomic E-state index is 14.6. The fourth-order valence-electron chi connectivity index (χ4n) is 5.29. The zero-order chi connectivity index (χ0) is 20.3. The quantitative estimate of drug-likeness (QED) is 0.791. The molecule has 1 spiro atoms. The number of anilines is 2. The van der Waals surface area contributed by atoms with E-state index in [0.717, 1.165) is 25.9 Å². The topological polar surface area (TPSA) is 61.9 Å². The van der Waals surface area contributed by atoms with Crippen molar-refractivity contribution in [2.75, 3.05) is 29.9 Å². The SMILES string of the molecule is CC(C)N1C[C@@]23C=C[C@@H](O2)[C@@H](C(=O)Nc2ccc(N4CCCC4)c(F)c2)[C@@H]3C1=O. The second-order valence-corrected chi connectivity index (χ2v) is 8.81. The molecule has 0 radical (unpaired) electrons. The van der Waals surface area contributed by atoms with Gasteiger partial charge < -0.3 is 19.9 Å². The zero-order valence-electron chi connectivity index (χ0n) is 16.7. The van der Waals surface area contributed by atoms with Crippen LogP contribution in [0.1, 0.15) is 26.7 Å². The first-order valence-corrected chi connectivity index (χ1v) is 10.4. The van der Waals surface area contributed by atoms with Crippen molar-refractivity contribution in [2.24, 2.45) is 11.8 Å². The number of carbonyl (C=O) groups excluding carboxylic acids is 2. The molecule has 0 aliphatic carbocycles. The van der Waals surface area contributed by atoms with Crippen molar-refractivity contribution < 1.29 is 18.7 Å². The summed E-state index contributed by atoms with van der Waals surface area (Å²) in [7, 11) is 0. The number of fused-ring (bicyclic) bond motifs is 1. The molecule has 0 aromatic heterocycles. The first-order chi connectivity index (χ1) is 13.9. The first-order valence-electron chi connectivity index (χ1n) is 10.4. The third-order valence-electron chi connectivity index (χ3n) is 6.72.